The van der Waals surface area contributed by atoms with Crippen LogP contribution >= 0.6 is 15.9 Å². The molecule has 1 heterocycles. The number of aromatic amines is 1. The third-order valence-corrected chi connectivity index (χ3v) is 2.65. The SMILES string of the molecule is CNCC=Cc1n[nH]c2cc(Br)ccc12. The number of aromatic nitrogens is 2. The van der Waals surface area contributed by atoms with Crippen LogP contribution in [0.5, 0.6) is 0 Å². The van der Waals surface area contributed by atoms with E-state index >= 15 is 0 Å². The molecule has 0 fully saturated rings. The Hall–Kier alpha value is -1.13. The molecule has 0 atom stereocenters. The van der Waals surface area contributed by atoms with E-state index in [1.54, 1.807) is 0 Å². The summed E-state index contributed by atoms with van der Waals surface area (Å²) in [6.07, 6.45) is 4.07. The van der Waals surface area contributed by atoms with Crippen molar-refractivity contribution < 1.29 is 0 Å². The highest BCUT2D eigenvalue weighted by Gasteiger charge is 2.01. The van der Waals surface area contributed by atoms with E-state index in [1.807, 2.05) is 25.3 Å². The maximum atomic E-state index is 4.25. The second-order valence-electron chi connectivity index (χ2n) is 3.26. The fourth-order valence-electron chi connectivity index (χ4n) is 1.43. The van der Waals surface area contributed by atoms with Crippen molar-refractivity contribution in [2.45, 2.75) is 0 Å². The van der Waals surface area contributed by atoms with Gasteiger partial charge in [0.05, 0.1) is 11.2 Å². The molecule has 1 aromatic carbocycles. The Morgan fingerprint density at radius 1 is 1.53 bits per heavy atom. The monoisotopic (exact) mass is 265 g/mol. The van der Waals surface area contributed by atoms with Crippen molar-refractivity contribution in [3.8, 4) is 0 Å². The first-order valence-electron chi connectivity index (χ1n) is 4.76. The smallest absolute Gasteiger partial charge is 0.0924 e. The van der Waals surface area contributed by atoms with Gasteiger partial charge in [-0.15, -0.1) is 0 Å². The highest BCUT2D eigenvalue weighted by atomic mass is 79.9. The van der Waals surface area contributed by atoms with Crippen molar-refractivity contribution >= 4 is 32.9 Å². The largest absolute Gasteiger partial charge is 0.316 e. The van der Waals surface area contributed by atoms with Crippen LogP contribution < -0.4 is 5.32 Å². The van der Waals surface area contributed by atoms with E-state index in [0.29, 0.717) is 0 Å². The van der Waals surface area contributed by atoms with Gasteiger partial charge >= 0.3 is 0 Å². The third-order valence-electron chi connectivity index (χ3n) is 2.15. The Morgan fingerprint density at radius 3 is 3.20 bits per heavy atom. The summed E-state index contributed by atoms with van der Waals surface area (Å²) < 4.78 is 1.06. The first-order chi connectivity index (χ1) is 7.31. The van der Waals surface area contributed by atoms with Crippen LogP contribution in [0, 0.1) is 0 Å². The van der Waals surface area contributed by atoms with Gasteiger partial charge in [-0.3, -0.25) is 5.10 Å². The minimum Gasteiger partial charge on any atom is -0.316 e. The molecule has 0 aliphatic carbocycles. The zero-order valence-electron chi connectivity index (χ0n) is 8.42. The Morgan fingerprint density at radius 2 is 2.40 bits per heavy atom. The number of rotatable bonds is 3. The number of nitrogens with zero attached hydrogens (tertiary/aromatic N) is 1. The van der Waals surface area contributed by atoms with Gasteiger partial charge < -0.3 is 5.32 Å². The van der Waals surface area contributed by atoms with Gasteiger partial charge in [-0.25, -0.2) is 0 Å². The molecule has 0 bridgehead atoms. The zero-order chi connectivity index (χ0) is 10.7. The highest BCUT2D eigenvalue weighted by Crippen LogP contribution is 2.21. The molecule has 1 aromatic heterocycles. The molecule has 2 aromatic rings. The van der Waals surface area contributed by atoms with Crippen molar-refractivity contribution in [1.82, 2.24) is 15.5 Å². The normalized spacial score (nSPS) is 11.6. The summed E-state index contributed by atoms with van der Waals surface area (Å²) >= 11 is 3.43. The number of fused-ring (bicyclic) bond motifs is 1. The van der Waals surface area contributed by atoms with Crippen molar-refractivity contribution in [1.29, 1.82) is 0 Å². The Kier molecular flexibility index (Phi) is 3.18. The van der Waals surface area contributed by atoms with E-state index in [0.717, 1.165) is 27.6 Å². The molecular formula is C11H12BrN3. The van der Waals surface area contributed by atoms with Crippen LogP contribution in [0.25, 0.3) is 17.0 Å². The van der Waals surface area contributed by atoms with E-state index in [2.05, 4.69) is 43.6 Å². The van der Waals surface area contributed by atoms with Crippen LogP contribution in [-0.2, 0) is 0 Å². The molecule has 0 aliphatic rings. The van der Waals surface area contributed by atoms with E-state index in [9.17, 15) is 0 Å². The van der Waals surface area contributed by atoms with Crippen LogP contribution in [0.2, 0.25) is 0 Å². The van der Waals surface area contributed by atoms with Gasteiger partial charge in [-0.1, -0.05) is 22.0 Å². The van der Waals surface area contributed by atoms with E-state index < -0.39 is 0 Å². The molecule has 0 saturated heterocycles. The lowest BCUT2D eigenvalue weighted by atomic mass is 10.2. The molecule has 2 rings (SSSR count). The van der Waals surface area contributed by atoms with Gasteiger partial charge in [-0.05, 0) is 31.3 Å². The molecule has 78 valence electrons. The molecule has 2 N–H and O–H groups in total. The average molecular weight is 266 g/mol. The molecule has 0 radical (unpaired) electrons. The van der Waals surface area contributed by atoms with Crippen LogP contribution in [0.1, 0.15) is 5.69 Å². The predicted molar refractivity (Wildman–Crippen MR) is 66.8 cm³/mol. The second-order valence-corrected chi connectivity index (χ2v) is 4.17. The second kappa shape index (κ2) is 4.59. The lowest BCUT2D eigenvalue weighted by molar-refractivity contribution is 0.922. The first-order valence-corrected chi connectivity index (χ1v) is 5.55. The van der Waals surface area contributed by atoms with Crippen LogP contribution in [0.3, 0.4) is 0 Å². The van der Waals surface area contributed by atoms with Crippen molar-refractivity contribution in [2.75, 3.05) is 13.6 Å². The van der Waals surface area contributed by atoms with Gasteiger partial charge in [0.2, 0.25) is 0 Å². The predicted octanol–water partition coefficient (Wildman–Crippen LogP) is 2.56. The molecule has 4 heteroatoms. The summed E-state index contributed by atoms with van der Waals surface area (Å²) in [5.41, 5.74) is 2.03. The van der Waals surface area contributed by atoms with Gasteiger partial charge in [0.1, 0.15) is 0 Å². The molecule has 0 unspecified atom stereocenters. The van der Waals surface area contributed by atoms with Gasteiger partial charge in [-0.2, -0.15) is 5.10 Å². The number of benzene rings is 1. The fourth-order valence-corrected chi connectivity index (χ4v) is 1.79. The number of likely N-dealkylation sites (N-methyl/N-ethyl adjacent to an activating group) is 1. The molecule has 3 nitrogen and oxygen atoms in total. The van der Waals surface area contributed by atoms with E-state index in [1.165, 1.54) is 0 Å². The van der Waals surface area contributed by atoms with Gasteiger partial charge in [0.25, 0.3) is 0 Å². The maximum absolute atomic E-state index is 4.25. The zero-order valence-corrected chi connectivity index (χ0v) is 10.0. The minimum absolute atomic E-state index is 0.852. The topological polar surface area (TPSA) is 40.7 Å². The maximum Gasteiger partial charge on any atom is 0.0924 e. The summed E-state index contributed by atoms with van der Waals surface area (Å²) in [4.78, 5) is 0. The average Bonchev–Trinajstić information content (AvgIpc) is 2.61. The summed E-state index contributed by atoms with van der Waals surface area (Å²) in [7, 11) is 1.92. The molecule has 0 aliphatic heterocycles. The summed E-state index contributed by atoms with van der Waals surface area (Å²) in [6, 6.07) is 6.10. The summed E-state index contributed by atoms with van der Waals surface area (Å²) in [5.74, 6) is 0. The Labute approximate surface area is 96.7 Å². The number of H-pyrrole nitrogens is 1. The minimum atomic E-state index is 0.852. The number of nitrogens with one attached hydrogen (secondary N) is 2. The third kappa shape index (κ3) is 2.27. The Bertz CT molecular complexity index is 488. The lowest BCUT2D eigenvalue weighted by Crippen LogP contribution is -2.03. The summed E-state index contributed by atoms with van der Waals surface area (Å²) in [5, 5.41) is 11.5. The van der Waals surface area contributed by atoms with Crippen molar-refractivity contribution in [2.24, 2.45) is 0 Å². The van der Waals surface area contributed by atoms with Crippen molar-refractivity contribution in [3.05, 3.63) is 34.4 Å². The molecular weight excluding hydrogens is 254 g/mol. The molecule has 0 amide bonds. The van der Waals surface area contributed by atoms with E-state index in [4.69, 9.17) is 0 Å². The standard InChI is InChI=1S/C11H12BrN3/c1-13-6-2-3-10-9-5-4-8(12)7-11(9)15-14-10/h2-5,7,13H,6H2,1H3,(H,14,15). The first kappa shape index (κ1) is 10.4. The number of hydrogen-bond donors (Lipinski definition) is 2. The Balaban J connectivity index is 2.36. The van der Waals surface area contributed by atoms with Crippen molar-refractivity contribution in [3.63, 3.8) is 0 Å². The quantitative estimate of drug-likeness (QED) is 0.896. The van der Waals surface area contributed by atoms with Crippen LogP contribution in [0.15, 0.2) is 28.7 Å². The molecule has 15 heavy (non-hydrogen) atoms. The van der Waals surface area contributed by atoms with E-state index in [-0.39, 0.29) is 0 Å². The number of hydrogen-bond acceptors (Lipinski definition) is 2. The van der Waals surface area contributed by atoms with Gasteiger partial charge in [0.15, 0.2) is 0 Å². The highest BCUT2D eigenvalue weighted by molar-refractivity contribution is 9.10. The fraction of sp³-hybridized carbons (Fsp3) is 0.182. The lowest BCUT2D eigenvalue weighted by Gasteiger charge is -1.91. The molecule has 0 saturated carbocycles. The van der Waals surface area contributed by atoms with Crippen LogP contribution in [-0.4, -0.2) is 23.8 Å². The number of halogens is 1. The summed E-state index contributed by atoms with van der Waals surface area (Å²) in [6.45, 7) is 0.852. The molecule has 0 spiro atoms. The van der Waals surface area contributed by atoms with Crippen LogP contribution in [0.4, 0.5) is 0 Å². The van der Waals surface area contributed by atoms with Gasteiger partial charge in [0, 0.05) is 16.4 Å².